The molecule has 58 valence electrons. The van der Waals surface area contributed by atoms with Crippen LogP contribution in [0.4, 0.5) is 0 Å². The normalized spacial score (nSPS) is 10.3. The van der Waals surface area contributed by atoms with Crippen LogP contribution in [0.5, 0.6) is 0 Å². The molecule has 0 rings (SSSR count). The zero-order chi connectivity index (χ0) is 7.98. The van der Waals surface area contributed by atoms with E-state index in [1.54, 1.807) is 6.08 Å². The zero-order valence-electron chi connectivity index (χ0n) is 6.00. The van der Waals surface area contributed by atoms with Crippen molar-refractivity contribution in [3.63, 3.8) is 0 Å². The van der Waals surface area contributed by atoms with Crippen molar-refractivity contribution < 1.29 is 9.63 Å². The molecule has 0 aromatic rings. The van der Waals surface area contributed by atoms with Gasteiger partial charge in [-0.15, -0.1) is 11.6 Å². The van der Waals surface area contributed by atoms with Gasteiger partial charge in [0, 0.05) is 19.0 Å². The van der Waals surface area contributed by atoms with Crippen LogP contribution in [-0.2, 0) is 9.63 Å². The summed E-state index contributed by atoms with van der Waals surface area (Å²) in [7, 11) is 2.95. The van der Waals surface area contributed by atoms with Crippen LogP contribution in [0.2, 0.25) is 0 Å². The maximum atomic E-state index is 10.8. The fraction of sp³-hybridized carbons (Fsp3) is 0.500. The van der Waals surface area contributed by atoms with E-state index >= 15 is 0 Å². The summed E-state index contributed by atoms with van der Waals surface area (Å²) in [6.45, 7) is 0. The largest absolute Gasteiger partial charge is 0.274 e. The second kappa shape index (κ2) is 5.26. The van der Waals surface area contributed by atoms with Gasteiger partial charge >= 0.3 is 0 Å². The first-order valence-corrected chi connectivity index (χ1v) is 3.30. The molecular formula is C6H10ClNO2. The molecule has 10 heavy (non-hydrogen) atoms. The van der Waals surface area contributed by atoms with Crippen molar-refractivity contribution in [2.45, 2.75) is 0 Å². The molecule has 0 atom stereocenters. The summed E-state index contributed by atoms with van der Waals surface area (Å²) in [4.78, 5) is 15.4. The first-order chi connectivity index (χ1) is 4.72. The van der Waals surface area contributed by atoms with E-state index in [4.69, 9.17) is 11.6 Å². The molecule has 0 unspecified atom stereocenters. The highest BCUT2D eigenvalue weighted by Gasteiger charge is 2.00. The average molecular weight is 164 g/mol. The predicted octanol–water partition coefficient (Wildman–Crippen LogP) is 0.801. The Bertz CT molecular complexity index is 136. The molecule has 0 aliphatic rings. The van der Waals surface area contributed by atoms with Gasteiger partial charge in [-0.3, -0.25) is 9.63 Å². The fourth-order valence-corrected chi connectivity index (χ4v) is 0.429. The maximum Gasteiger partial charge on any atom is 0.269 e. The molecule has 1 amide bonds. The van der Waals surface area contributed by atoms with Gasteiger partial charge in [0.2, 0.25) is 0 Å². The van der Waals surface area contributed by atoms with Gasteiger partial charge in [-0.05, 0) is 0 Å². The molecule has 0 aliphatic carbocycles. The molecule has 0 saturated heterocycles. The van der Waals surface area contributed by atoms with E-state index in [0.717, 1.165) is 5.06 Å². The van der Waals surface area contributed by atoms with Crippen molar-refractivity contribution >= 4 is 17.5 Å². The maximum absolute atomic E-state index is 10.8. The lowest BCUT2D eigenvalue weighted by molar-refractivity contribution is -0.162. The molecule has 0 radical (unpaired) electrons. The van der Waals surface area contributed by atoms with Crippen molar-refractivity contribution in [3.05, 3.63) is 12.2 Å². The Morgan fingerprint density at radius 1 is 1.80 bits per heavy atom. The third kappa shape index (κ3) is 3.48. The second-order valence-electron chi connectivity index (χ2n) is 1.57. The zero-order valence-corrected chi connectivity index (χ0v) is 6.76. The van der Waals surface area contributed by atoms with Crippen LogP contribution in [0, 0.1) is 0 Å². The van der Waals surface area contributed by atoms with Crippen molar-refractivity contribution in [3.8, 4) is 0 Å². The molecule has 0 heterocycles. The van der Waals surface area contributed by atoms with Crippen molar-refractivity contribution in [1.29, 1.82) is 0 Å². The summed E-state index contributed by atoms with van der Waals surface area (Å²) in [5, 5.41) is 1.11. The Morgan fingerprint density at radius 2 is 2.40 bits per heavy atom. The topological polar surface area (TPSA) is 29.5 Å². The minimum absolute atomic E-state index is 0.219. The molecule has 0 fully saturated rings. The van der Waals surface area contributed by atoms with Crippen LogP contribution in [0.15, 0.2) is 12.2 Å². The molecule has 0 spiro atoms. The lowest BCUT2D eigenvalue weighted by Crippen LogP contribution is -2.23. The number of amides is 1. The van der Waals surface area contributed by atoms with E-state index in [9.17, 15) is 4.79 Å². The molecule has 0 bridgehead atoms. The van der Waals surface area contributed by atoms with Gasteiger partial charge in [-0.1, -0.05) is 6.08 Å². The summed E-state index contributed by atoms with van der Waals surface area (Å²) in [6.07, 6.45) is 2.91. The Hall–Kier alpha value is -0.540. The predicted molar refractivity (Wildman–Crippen MR) is 39.6 cm³/mol. The SMILES string of the molecule is CON(C)C(=O)/C=C/CCl. The number of carbonyl (C=O) groups excluding carboxylic acids is 1. The number of halogens is 1. The third-order valence-electron chi connectivity index (χ3n) is 0.934. The van der Waals surface area contributed by atoms with E-state index in [1.807, 2.05) is 0 Å². The fourth-order valence-electron chi connectivity index (χ4n) is 0.340. The number of hydroxylamine groups is 2. The van der Waals surface area contributed by atoms with Crippen molar-refractivity contribution in [2.24, 2.45) is 0 Å². The van der Waals surface area contributed by atoms with Gasteiger partial charge in [0.05, 0.1) is 7.11 Å². The summed E-state index contributed by atoms with van der Waals surface area (Å²) < 4.78 is 0. The first kappa shape index (κ1) is 9.46. The third-order valence-corrected chi connectivity index (χ3v) is 1.11. The first-order valence-electron chi connectivity index (χ1n) is 2.76. The number of alkyl halides is 1. The Morgan fingerprint density at radius 3 is 2.80 bits per heavy atom. The highest BCUT2D eigenvalue weighted by Crippen LogP contribution is 1.86. The van der Waals surface area contributed by atoms with Gasteiger partial charge in [-0.25, -0.2) is 5.06 Å². The number of hydrogen-bond acceptors (Lipinski definition) is 2. The van der Waals surface area contributed by atoms with E-state index in [2.05, 4.69) is 4.84 Å². The van der Waals surface area contributed by atoms with E-state index in [0.29, 0.717) is 5.88 Å². The number of nitrogens with zero attached hydrogens (tertiary/aromatic N) is 1. The van der Waals surface area contributed by atoms with Gasteiger partial charge in [0.15, 0.2) is 0 Å². The molecule has 3 nitrogen and oxygen atoms in total. The second-order valence-corrected chi connectivity index (χ2v) is 1.88. The van der Waals surface area contributed by atoms with Gasteiger partial charge in [0.1, 0.15) is 0 Å². The highest BCUT2D eigenvalue weighted by molar-refractivity contribution is 6.19. The monoisotopic (exact) mass is 163 g/mol. The Labute approximate surface area is 65.2 Å². The minimum atomic E-state index is -0.219. The average Bonchev–Trinajstić information content (AvgIpc) is 1.98. The van der Waals surface area contributed by atoms with Crippen molar-refractivity contribution in [2.75, 3.05) is 20.0 Å². The molecule has 0 aromatic heterocycles. The van der Waals surface area contributed by atoms with Crippen molar-refractivity contribution in [1.82, 2.24) is 5.06 Å². The van der Waals surface area contributed by atoms with E-state index in [1.165, 1.54) is 20.2 Å². The summed E-state index contributed by atoms with van der Waals surface area (Å²) >= 11 is 5.30. The van der Waals surface area contributed by atoms with Gasteiger partial charge in [-0.2, -0.15) is 0 Å². The number of likely N-dealkylation sites (N-methyl/N-ethyl adjacent to an activating group) is 1. The molecular weight excluding hydrogens is 154 g/mol. The molecule has 0 aliphatic heterocycles. The molecule has 0 saturated carbocycles. The summed E-state index contributed by atoms with van der Waals surface area (Å²) in [5.41, 5.74) is 0. The summed E-state index contributed by atoms with van der Waals surface area (Å²) in [6, 6.07) is 0. The van der Waals surface area contributed by atoms with Crippen LogP contribution < -0.4 is 0 Å². The van der Waals surface area contributed by atoms with Crippen LogP contribution >= 0.6 is 11.6 Å². The van der Waals surface area contributed by atoms with E-state index < -0.39 is 0 Å². The molecule has 0 N–H and O–H groups in total. The molecule has 4 heteroatoms. The van der Waals surface area contributed by atoms with Crippen LogP contribution in [0.3, 0.4) is 0 Å². The number of hydrogen-bond donors (Lipinski definition) is 0. The van der Waals surface area contributed by atoms with Crippen LogP contribution in [-0.4, -0.2) is 31.0 Å². The summed E-state index contributed by atoms with van der Waals surface area (Å²) in [5.74, 6) is 0.117. The molecule has 0 aromatic carbocycles. The number of carbonyl (C=O) groups is 1. The Kier molecular flexibility index (Phi) is 4.98. The smallest absolute Gasteiger partial charge is 0.269 e. The lowest BCUT2D eigenvalue weighted by Gasteiger charge is -2.09. The van der Waals surface area contributed by atoms with Crippen LogP contribution in [0.1, 0.15) is 0 Å². The number of rotatable bonds is 3. The van der Waals surface area contributed by atoms with E-state index in [-0.39, 0.29) is 5.91 Å². The lowest BCUT2D eigenvalue weighted by atomic mass is 10.5. The van der Waals surface area contributed by atoms with Gasteiger partial charge < -0.3 is 0 Å². The highest BCUT2D eigenvalue weighted by atomic mass is 35.5. The van der Waals surface area contributed by atoms with Gasteiger partial charge in [0.25, 0.3) is 5.91 Å². The minimum Gasteiger partial charge on any atom is -0.274 e. The van der Waals surface area contributed by atoms with Crippen LogP contribution in [0.25, 0.3) is 0 Å². The number of allylic oxidation sites excluding steroid dienone is 1. The quantitative estimate of drug-likeness (QED) is 0.350. The Balaban J connectivity index is 3.72. The standard InChI is InChI=1S/C6H10ClNO2/c1-8(10-2)6(9)4-3-5-7/h3-4H,5H2,1-2H3/b4-3+.